The van der Waals surface area contributed by atoms with Crippen molar-refractivity contribution in [3.8, 4) is 5.75 Å². The quantitative estimate of drug-likeness (QED) is 0.803. The topological polar surface area (TPSA) is 74.4 Å². The van der Waals surface area contributed by atoms with Gasteiger partial charge in [-0.1, -0.05) is 30.4 Å². The van der Waals surface area contributed by atoms with Gasteiger partial charge in [0, 0.05) is 7.11 Å². The zero-order valence-electron chi connectivity index (χ0n) is 9.89. The van der Waals surface area contributed by atoms with Crippen LogP contribution in [0.15, 0.2) is 58.8 Å². The average Bonchev–Trinajstić information content (AvgIpc) is 2.40. The van der Waals surface area contributed by atoms with E-state index in [1.165, 1.54) is 13.2 Å². The molecule has 18 heavy (non-hydrogen) atoms. The van der Waals surface area contributed by atoms with Gasteiger partial charge in [0.05, 0.1) is 0 Å². The number of nitrogens with zero attached hydrogens (tertiary/aromatic N) is 2. The van der Waals surface area contributed by atoms with Crippen molar-refractivity contribution in [1.29, 1.82) is 0 Å². The normalized spacial score (nSPS) is 26.9. The molecule has 0 saturated carbocycles. The van der Waals surface area contributed by atoms with Crippen LogP contribution in [-0.2, 0) is 4.74 Å². The Balaban J connectivity index is 2.29. The molecule has 2 rings (SSSR count). The number of allylic oxidation sites excluding steroid dienone is 2. The number of aliphatic hydroxyl groups excluding tert-OH is 1. The SMILES string of the molecule is COC1(N=Nc2ccccc2O)C=CC=CC1O. The number of rotatable bonds is 3. The summed E-state index contributed by atoms with van der Waals surface area (Å²) in [6, 6.07) is 6.57. The Morgan fingerprint density at radius 3 is 2.72 bits per heavy atom. The summed E-state index contributed by atoms with van der Waals surface area (Å²) in [5.74, 6) is 0.0253. The smallest absolute Gasteiger partial charge is 0.228 e. The minimum absolute atomic E-state index is 0.0253. The van der Waals surface area contributed by atoms with Crippen molar-refractivity contribution in [3.05, 3.63) is 48.6 Å². The first kappa shape index (κ1) is 12.5. The minimum atomic E-state index is -1.24. The van der Waals surface area contributed by atoms with Crippen molar-refractivity contribution in [2.75, 3.05) is 7.11 Å². The van der Waals surface area contributed by atoms with E-state index in [-0.39, 0.29) is 5.75 Å². The molecule has 2 atom stereocenters. The van der Waals surface area contributed by atoms with Crippen molar-refractivity contribution in [3.63, 3.8) is 0 Å². The Hall–Kier alpha value is -1.98. The van der Waals surface area contributed by atoms with E-state index in [1.54, 1.807) is 42.5 Å². The van der Waals surface area contributed by atoms with Crippen LogP contribution in [0.25, 0.3) is 0 Å². The van der Waals surface area contributed by atoms with Gasteiger partial charge < -0.3 is 14.9 Å². The number of aliphatic hydroxyl groups is 1. The second-order valence-electron chi connectivity index (χ2n) is 3.83. The molecule has 1 aromatic carbocycles. The zero-order chi connectivity index (χ0) is 13.0. The van der Waals surface area contributed by atoms with Gasteiger partial charge in [-0.25, -0.2) is 0 Å². The summed E-state index contributed by atoms with van der Waals surface area (Å²) in [5, 5.41) is 27.4. The third-order valence-corrected chi connectivity index (χ3v) is 2.69. The molecule has 2 unspecified atom stereocenters. The summed E-state index contributed by atoms with van der Waals surface area (Å²) in [5.41, 5.74) is -0.916. The summed E-state index contributed by atoms with van der Waals surface area (Å²) in [7, 11) is 1.44. The summed E-state index contributed by atoms with van der Waals surface area (Å²) in [6.45, 7) is 0. The van der Waals surface area contributed by atoms with Crippen molar-refractivity contribution in [2.45, 2.75) is 11.8 Å². The average molecular weight is 246 g/mol. The molecule has 2 N–H and O–H groups in total. The largest absolute Gasteiger partial charge is 0.506 e. The van der Waals surface area contributed by atoms with Crippen LogP contribution >= 0.6 is 0 Å². The molecule has 0 fully saturated rings. The fourth-order valence-corrected chi connectivity index (χ4v) is 1.60. The number of hydrogen-bond acceptors (Lipinski definition) is 5. The maximum Gasteiger partial charge on any atom is 0.228 e. The van der Waals surface area contributed by atoms with E-state index in [4.69, 9.17) is 4.74 Å². The Morgan fingerprint density at radius 2 is 2.06 bits per heavy atom. The van der Waals surface area contributed by atoms with E-state index in [9.17, 15) is 10.2 Å². The molecule has 94 valence electrons. The first-order valence-electron chi connectivity index (χ1n) is 5.48. The van der Waals surface area contributed by atoms with Crippen LogP contribution in [0.3, 0.4) is 0 Å². The second kappa shape index (κ2) is 5.12. The van der Waals surface area contributed by atoms with Gasteiger partial charge in [-0.3, -0.25) is 0 Å². The van der Waals surface area contributed by atoms with Crippen LogP contribution in [0.1, 0.15) is 0 Å². The lowest BCUT2D eigenvalue weighted by Gasteiger charge is -2.28. The van der Waals surface area contributed by atoms with Gasteiger partial charge in [-0.05, 0) is 18.2 Å². The Labute approximate surface area is 105 Å². The van der Waals surface area contributed by atoms with Gasteiger partial charge in [0.25, 0.3) is 0 Å². The Bertz CT molecular complexity index is 511. The van der Waals surface area contributed by atoms with Crippen molar-refractivity contribution in [2.24, 2.45) is 10.2 Å². The van der Waals surface area contributed by atoms with Crippen LogP contribution in [0.4, 0.5) is 5.69 Å². The van der Waals surface area contributed by atoms with Crippen molar-refractivity contribution < 1.29 is 14.9 Å². The van der Waals surface area contributed by atoms with Crippen LogP contribution in [0.2, 0.25) is 0 Å². The number of phenolic OH excluding ortho intramolecular Hbond substituents is 1. The highest BCUT2D eigenvalue weighted by molar-refractivity contribution is 5.49. The molecule has 0 radical (unpaired) electrons. The summed E-state index contributed by atoms with van der Waals surface area (Å²) in [4.78, 5) is 0. The van der Waals surface area contributed by atoms with Gasteiger partial charge >= 0.3 is 0 Å². The number of benzene rings is 1. The van der Waals surface area contributed by atoms with Crippen LogP contribution in [0.5, 0.6) is 5.75 Å². The molecule has 0 heterocycles. The molecule has 0 saturated heterocycles. The first-order chi connectivity index (χ1) is 8.68. The second-order valence-corrected chi connectivity index (χ2v) is 3.83. The van der Waals surface area contributed by atoms with Crippen molar-refractivity contribution >= 4 is 5.69 Å². The van der Waals surface area contributed by atoms with E-state index in [1.807, 2.05) is 0 Å². The molecule has 5 nitrogen and oxygen atoms in total. The molecule has 0 aliphatic heterocycles. The minimum Gasteiger partial charge on any atom is -0.506 e. The molecular weight excluding hydrogens is 232 g/mol. The van der Waals surface area contributed by atoms with Crippen LogP contribution < -0.4 is 0 Å². The van der Waals surface area contributed by atoms with Crippen LogP contribution in [0, 0.1) is 0 Å². The van der Waals surface area contributed by atoms with E-state index in [0.717, 1.165) is 0 Å². The lowest BCUT2D eigenvalue weighted by Crippen LogP contribution is -2.40. The fraction of sp³-hybridized carbons (Fsp3) is 0.231. The maximum atomic E-state index is 9.89. The van der Waals surface area contributed by atoms with Gasteiger partial charge in [0.1, 0.15) is 17.5 Å². The predicted molar refractivity (Wildman–Crippen MR) is 66.6 cm³/mol. The monoisotopic (exact) mass is 246 g/mol. The van der Waals surface area contributed by atoms with Crippen molar-refractivity contribution in [1.82, 2.24) is 0 Å². The number of methoxy groups -OCH3 is 1. The highest BCUT2D eigenvalue weighted by Crippen LogP contribution is 2.30. The predicted octanol–water partition coefficient (Wildman–Crippen LogP) is 2.31. The molecule has 1 aliphatic rings. The summed E-state index contributed by atoms with van der Waals surface area (Å²) in [6.07, 6.45) is 5.69. The molecule has 1 aromatic rings. The molecule has 0 amide bonds. The highest BCUT2D eigenvalue weighted by atomic mass is 16.5. The molecule has 0 spiro atoms. The third kappa shape index (κ3) is 2.32. The first-order valence-corrected chi connectivity index (χ1v) is 5.48. The van der Waals surface area contributed by atoms with Gasteiger partial charge in [-0.15, -0.1) is 10.2 Å². The number of aromatic hydroxyl groups is 1. The molecule has 1 aliphatic carbocycles. The standard InChI is InChI=1S/C13H14N2O3/c1-18-13(9-5-4-8-12(13)17)15-14-10-6-2-3-7-11(10)16/h2-9,12,16-17H,1H3. The highest BCUT2D eigenvalue weighted by Gasteiger charge is 2.35. The van der Waals surface area contributed by atoms with Gasteiger partial charge in [0.15, 0.2) is 0 Å². The molecule has 0 aromatic heterocycles. The molecule has 5 heteroatoms. The lowest BCUT2D eigenvalue weighted by atomic mass is 10.0. The summed E-state index contributed by atoms with van der Waals surface area (Å²) >= 11 is 0. The molecular formula is C13H14N2O3. The van der Waals surface area contributed by atoms with Crippen LogP contribution in [-0.4, -0.2) is 29.2 Å². The number of ether oxygens (including phenoxy) is 1. The third-order valence-electron chi connectivity index (χ3n) is 2.69. The Kier molecular flexibility index (Phi) is 3.55. The molecule has 0 bridgehead atoms. The maximum absolute atomic E-state index is 9.89. The summed E-state index contributed by atoms with van der Waals surface area (Å²) < 4.78 is 5.22. The van der Waals surface area contributed by atoms with E-state index in [2.05, 4.69) is 10.2 Å². The van der Waals surface area contributed by atoms with Gasteiger partial charge in [0.2, 0.25) is 5.72 Å². The van der Waals surface area contributed by atoms with E-state index in [0.29, 0.717) is 5.69 Å². The van der Waals surface area contributed by atoms with E-state index < -0.39 is 11.8 Å². The van der Waals surface area contributed by atoms with Gasteiger partial charge in [-0.2, -0.15) is 0 Å². The fourth-order valence-electron chi connectivity index (χ4n) is 1.60. The van der Waals surface area contributed by atoms with E-state index >= 15 is 0 Å². The number of azo groups is 1. The lowest BCUT2D eigenvalue weighted by molar-refractivity contribution is -0.0472. The number of para-hydroxylation sites is 1. The number of hydrogen-bond donors (Lipinski definition) is 2. The number of phenols is 1. The zero-order valence-corrected chi connectivity index (χ0v) is 9.89. The Morgan fingerprint density at radius 1 is 1.28 bits per heavy atom.